The van der Waals surface area contributed by atoms with Gasteiger partial charge in [-0.25, -0.2) is 0 Å². The molecule has 0 spiro atoms. The molecule has 2 aromatic heterocycles. The van der Waals surface area contributed by atoms with Gasteiger partial charge in [0.05, 0.1) is 25.4 Å². The van der Waals surface area contributed by atoms with Crippen molar-refractivity contribution in [3.8, 4) is 11.5 Å². The van der Waals surface area contributed by atoms with Crippen molar-refractivity contribution in [1.29, 1.82) is 0 Å². The Labute approximate surface area is 205 Å². The zero-order chi connectivity index (χ0) is 25.1. The highest BCUT2D eigenvalue weighted by Crippen LogP contribution is 2.27. The van der Waals surface area contributed by atoms with Crippen LogP contribution in [0.2, 0.25) is 0 Å². The highest BCUT2D eigenvalue weighted by molar-refractivity contribution is 6.15. The Morgan fingerprint density at radius 1 is 0.914 bits per heavy atom. The first-order valence-electron chi connectivity index (χ1n) is 11.2. The van der Waals surface area contributed by atoms with E-state index >= 15 is 0 Å². The molecule has 0 fully saturated rings. The van der Waals surface area contributed by atoms with Crippen LogP contribution in [0.1, 0.15) is 37.5 Å². The van der Waals surface area contributed by atoms with Crippen LogP contribution in [-0.4, -0.2) is 44.3 Å². The lowest BCUT2D eigenvalue weighted by molar-refractivity contribution is 0.103. The molecular weight excluding hydrogens is 440 g/mol. The lowest BCUT2D eigenvalue weighted by atomic mass is 10.1. The second-order valence-electron chi connectivity index (χ2n) is 8.48. The van der Waals surface area contributed by atoms with E-state index in [1.165, 1.54) is 6.08 Å². The van der Waals surface area contributed by atoms with Gasteiger partial charge < -0.3 is 18.8 Å². The standard InChI is InChI=1S/C29H28N2O4/c1-19-14-15-31-25(16-19)24(18-26(31)29(33)21-7-11-23(34-4)12-8-21)27(32)13-9-20-6-10-22(30(2)3)17-28(20)35-5/h6-18H,1-5H3/b13-9+. The molecular formula is C29H28N2O4. The molecule has 0 saturated carbocycles. The Kier molecular flexibility index (Phi) is 6.73. The number of benzene rings is 2. The number of nitrogens with zero attached hydrogens (tertiary/aromatic N) is 2. The molecule has 4 rings (SSSR count). The number of methoxy groups -OCH3 is 2. The molecule has 6 nitrogen and oxygen atoms in total. The zero-order valence-corrected chi connectivity index (χ0v) is 20.5. The molecule has 0 amide bonds. The van der Waals surface area contributed by atoms with E-state index in [1.54, 1.807) is 55.0 Å². The summed E-state index contributed by atoms with van der Waals surface area (Å²) in [6.07, 6.45) is 5.09. The van der Waals surface area contributed by atoms with Gasteiger partial charge in [-0.1, -0.05) is 0 Å². The quantitative estimate of drug-likeness (QED) is 0.254. The maximum absolute atomic E-state index is 13.3. The van der Waals surface area contributed by atoms with Gasteiger partial charge in [-0.05, 0) is 79.2 Å². The van der Waals surface area contributed by atoms with E-state index in [4.69, 9.17) is 9.47 Å². The van der Waals surface area contributed by atoms with E-state index < -0.39 is 0 Å². The van der Waals surface area contributed by atoms with Crippen LogP contribution < -0.4 is 14.4 Å². The molecule has 6 heteroatoms. The van der Waals surface area contributed by atoms with Gasteiger partial charge in [0.1, 0.15) is 11.5 Å². The average molecular weight is 469 g/mol. The normalized spacial score (nSPS) is 11.1. The van der Waals surface area contributed by atoms with Gasteiger partial charge in [0.2, 0.25) is 5.78 Å². The first-order valence-corrected chi connectivity index (χ1v) is 11.2. The number of anilines is 1. The van der Waals surface area contributed by atoms with Gasteiger partial charge >= 0.3 is 0 Å². The summed E-state index contributed by atoms with van der Waals surface area (Å²) in [7, 11) is 7.10. The van der Waals surface area contributed by atoms with Gasteiger partial charge in [0.15, 0.2) is 5.78 Å². The Hall–Kier alpha value is -4.32. The minimum Gasteiger partial charge on any atom is -0.497 e. The zero-order valence-electron chi connectivity index (χ0n) is 20.5. The van der Waals surface area contributed by atoms with E-state index in [0.29, 0.717) is 33.8 Å². The van der Waals surface area contributed by atoms with Crippen molar-refractivity contribution in [3.05, 3.63) is 101 Å². The Morgan fingerprint density at radius 3 is 2.31 bits per heavy atom. The topological polar surface area (TPSA) is 60.2 Å². The van der Waals surface area contributed by atoms with Crippen molar-refractivity contribution in [2.75, 3.05) is 33.2 Å². The highest BCUT2D eigenvalue weighted by atomic mass is 16.5. The van der Waals surface area contributed by atoms with Crippen LogP contribution in [0.4, 0.5) is 5.69 Å². The molecule has 35 heavy (non-hydrogen) atoms. The number of allylic oxidation sites excluding steroid dienone is 1. The SMILES string of the molecule is COc1ccc(C(=O)c2cc(C(=O)/C=C/c3ccc(N(C)C)cc3OC)c3cc(C)ccn23)cc1. The lowest BCUT2D eigenvalue weighted by Crippen LogP contribution is -2.08. The lowest BCUT2D eigenvalue weighted by Gasteiger charge is -2.14. The monoisotopic (exact) mass is 468 g/mol. The second kappa shape index (κ2) is 9.89. The number of ether oxygens (including phenoxy) is 2. The molecule has 2 aromatic carbocycles. The molecule has 0 atom stereocenters. The summed E-state index contributed by atoms with van der Waals surface area (Å²) >= 11 is 0. The summed E-state index contributed by atoms with van der Waals surface area (Å²) in [5.41, 5.74) is 4.89. The molecule has 0 radical (unpaired) electrons. The molecule has 178 valence electrons. The first kappa shape index (κ1) is 23.8. The Bertz CT molecular complexity index is 1430. The number of ketones is 2. The van der Waals surface area contributed by atoms with Crippen LogP contribution in [0.25, 0.3) is 11.6 Å². The molecule has 0 aliphatic heterocycles. The first-order chi connectivity index (χ1) is 16.8. The van der Waals surface area contributed by atoms with Gasteiger partial charge in [-0.2, -0.15) is 0 Å². The molecule has 0 unspecified atom stereocenters. The molecule has 0 bridgehead atoms. The van der Waals surface area contributed by atoms with E-state index in [1.807, 2.05) is 62.4 Å². The Morgan fingerprint density at radius 2 is 1.66 bits per heavy atom. The van der Waals surface area contributed by atoms with E-state index in [0.717, 1.165) is 16.8 Å². The number of pyridine rings is 1. The second-order valence-corrected chi connectivity index (χ2v) is 8.48. The predicted octanol–water partition coefficient (Wildman–Crippen LogP) is 5.46. The molecule has 0 aliphatic rings. The third-order valence-corrected chi connectivity index (χ3v) is 5.93. The fourth-order valence-electron chi connectivity index (χ4n) is 3.94. The van der Waals surface area contributed by atoms with Crippen molar-refractivity contribution in [1.82, 2.24) is 4.40 Å². The van der Waals surface area contributed by atoms with Crippen molar-refractivity contribution in [3.63, 3.8) is 0 Å². The Balaban J connectivity index is 1.72. The van der Waals surface area contributed by atoms with Gasteiger partial charge in [0.25, 0.3) is 0 Å². The molecule has 0 aliphatic carbocycles. The van der Waals surface area contributed by atoms with Crippen molar-refractivity contribution in [2.24, 2.45) is 0 Å². The van der Waals surface area contributed by atoms with Crippen LogP contribution in [0.5, 0.6) is 11.5 Å². The van der Waals surface area contributed by atoms with Gasteiger partial charge in [-0.15, -0.1) is 0 Å². The largest absolute Gasteiger partial charge is 0.497 e. The highest BCUT2D eigenvalue weighted by Gasteiger charge is 2.20. The van der Waals surface area contributed by atoms with Gasteiger partial charge in [-0.3, -0.25) is 9.59 Å². The summed E-state index contributed by atoms with van der Waals surface area (Å²) in [4.78, 5) is 28.6. The molecule has 0 saturated heterocycles. The van der Waals surface area contributed by atoms with Crippen LogP contribution in [0.3, 0.4) is 0 Å². The fraction of sp³-hybridized carbons (Fsp3) is 0.172. The minimum atomic E-state index is -0.194. The maximum Gasteiger partial charge on any atom is 0.209 e. The maximum atomic E-state index is 13.3. The van der Waals surface area contributed by atoms with Crippen molar-refractivity contribution in [2.45, 2.75) is 6.92 Å². The number of carbonyl (C=O) groups is 2. The molecule has 2 heterocycles. The number of carbonyl (C=O) groups excluding carboxylic acids is 2. The average Bonchev–Trinajstić information content (AvgIpc) is 3.25. The third kappa shape index (κ3) is 4.82. The van der Waals surface area contributed by atoms with Crippen LogP contribution in [0.15, 0.2) is 72.9 Å². The predicted molar refractivity (Wildman–Crippen MR) is 139 cm³/mol. The summed E-state index contributed by atoms with van der Waals surface area (Å²) in [5, 5.41) is 0. The number of fused-ring (bicyclic) bond motifs is 1. The fourth-order valence-corrected chi connectivity index (χ4v) is 3.94. The molecule has 0 N–H and O–H groups in total. The molecule has 4 aromatic rings. The van der Waals surface area contributed by atoms with Crippen LogP contribution in [0, 0.1) is 6.92 Å². The van der Waals surface area contributed by atoms with E-state index in [2.05, 4.69) is 0 Å². The smallest absolute Gasteiger partial charge is 0.209 e. The minimum absolute atomic E-state index is 0.171. The summed E-state index contributed by atoms with van der Waals surface area (Å²) in [5.74, 6) is 0.983. The van der Waals surface area contributed by atoms with Crippen LogP contribution >= 0.6 is 0 Å². The van der Waals surface area contributed by atoms with Gasteiger partial charge in [0, 0.05) is 48.7 Å². The summed E-state index contributed by atoms with van der Waals surface area (Å²) < 4.78 is 12.5. The summed E-state index contributed by atoms with van der Waals surface area (Å²) in [6, 6.07) is 18.2. The third-order valence-electron chi connectivity index (χ3n) is 5.93. The van der Waals surface area contributed by atoms with E-state index in [-0.39, 0.29) is 11.6 Å². The summed E-state index contributed by atoms with van der Waals surface area (Å²) in [6.45, 7) is 1.96. The van der Waals surface area contributed by atoms with Crippen molar-refractivity contribution < 1.29 is 19.1 Å². The number of aryl methyl sites for hydroxylation is 1. The number of aromatic nitrogens is 1. The number of rotatable bonds is 8. The van der Waals surface area contributed by atoms with E-state index in [9.17, 15) is 9.59 Å². The van der Waals surface area contributed by atoms with Crippen molar-refractivity contribution >= 4 is 28.8 Å². The number of hydrogen-bond donors (Lipinski definition) is 0. The van der Waals surface area contributed by atoms with Crippen LogP contribution in [-0.2, 0) is 0 Å². The number of hydrogen-bond acceptors (Lipinski definition) is 5.